The molecule has 3 aromatic rings. The third kappa shape index (κ3) is 1.34. The zero-order valence-electron chi connectivity index (χ0n) is 9.33. The number of H-pyrrole nitrogens is 1. The molecular formula is C14H13BN. The summed E-state index contributed by atoms with van der Waals surface area (Å²) in [5.74, 6) is 0. The Balaban J connectivity index is 2.43. The molecular weight excluding hydrogens is 193 g/mol. The van der Waals surface area contributed by atoms with E-state index < -0.39 is 0 Å². The molecule has 0 spiro atoms. The molecule has 0 atom stereocenters. The van der Waals surface area contributed by atoms with E-state index in [1.54, 1.807) is 0 Å². The van der Waals surface area contributed by atoms with Gasteiger partial charge in [-0.1, -0.05) is 49.0 Å². The quantitative estimate of drug-likeness (QED) is 0.620. The van der Waals surface area contributed by atoms with Crippen LogP contribution in [0.3, 0.4) is 0 Å². The highest BCUT2D eigenvalue weighted by atomic mass is 14.7. The van der Waals surface area contributed by atoms with Gasteiger partial charge in [-0.2, -0.15) is 0 Å². The molecule has 1 heterocycles. The molecule has 0 saturated heterocycles. The van der Waals surface area contributed by atoms with Crippen molar-refractivity contribution in [3.8, 4) is 0 Å². The Morgan fingerprint density at radius 1 is 1.00 bits per heavy atom. The Hall–Kier alpha value is -1.70. The zero-order chi connectivity index (χ0) is 11.0. The van der Waals surface area contributed by atoms with Crippen molar-refractivity contribution in [2.45, 2.75) is 13.2 Å². The van der Waals surface area contributed by atoms with Gasteiger partial charge in [-0.25, -0.2) is 0 Å². The third-order valence-electron chi connectivity index (χ3n) is 2.99. The van der Waals surface area contributed by atoms with E-state index in [-0.39, 0.29) is 0 Å². The van der Waals surface area contributed by atoms with Crippen molar-refractivity contribution in [1.82, 2.24) is 4.98 Å². The average Bonchev–Trinajstić information content (AvgIpc) is 2.68. The maximum atomic E-state index is 3.46. The van der Waals surface area contributed by atoms with Gasteiger partial charge < -0.3 is 4.98 Å². The maximum absolute atomic E-state index is 3.46. The van der Waals surface area contributed by atoms with Crippen molar-refractivity contribution >= 4 is 34.5 Å². The summed E-state index contributed by atoms with van der Waals surface area (Å²) >= 11 is 0. The largest absolute Gasteiger partial charge is 0.355 e. The Morgan fingerprint density at radius 3 is 2.69 bits per heavy atom. The molecule has 1 aromatic heterocycles. The Bertz CT molecular complexity index is 639. The number of para-hydroxylation sites is 1. The molecule has 1 nitrogen and oxygen atoms in total. The molecule has 0 unspecified atom stereocenters. The van der Waals surface area contributed by atoms with Crippen LogP contribution < -0.4 is 5.46 Å². The van der Waals surface area contributed by atoms with Crippen LogP contribution in [-0.4, -0.2) is 12.3 Å². The van der Waals surface area contributed by atoms with Crippen molar-refractivity contribution < 1.29 is 0 Å². The highest BCUT2D eigenvalue weighted by Gasteiger charge is 2.07. The second-order valence-corrected chi connectivity index (χ2v) is 4.05. The molecule has 77 valence electrons. The number of aromatic nitrogens is 1. The molecule has 0 aliphatic rings. The first-order valence-electron chi connectivity index (χ1n) is 5.73. The molecule has 0 aliphatic heterocycles. The summed E-state index contributed by atoms with van der Waals surface area (Å²) in [4.78, 5) is 3.46. The molecule has 0 saturated carbocycles. The van der Waals surface area contributed by atoms with Crippen LogP contribution in [0.15, 0.2) is 42.5 Å². The van der Waals surface area contributed by atoms with Crippen molar-refractivity contribution in [1.29, 1.82) is 0 Å². The number of benzene rings is 2. The van der Waals surface area contributed by atoms with Crippen LogP contribution in [0.25, 0.3) is 21.8 Å². The Labute approximate surface area is 95.7 Å². The van der Waals surface area contributed by atoms with E-state index in [2.05, 4.69) is 61.7 Å². The third-order valence-corrected chi connectivity index (χ3v) is 2.99. The number of hydrogen-bond acceptors (Lipinski definition) is 0. The van der Waals surface area contributed by atoms with Crippen molar-refractivity contribution in [2.24, 2.45) is 0 Å². The smallest absolute Gasteiger partial charge is 0.152 e. The van der Waals surface area contributed by atoms with E-state index in [1.165, 1.54) is 27.3 Å². The van der Waals surface area contributed by atoms with Crippen LogP contribution in [0.1, 0.15) is 6.92 Å². The van der Waals surface area contributed by atoms with E-state index in [4.69, 9.17) is 0 Å². The summed E-state index contributed by atoms with van der Waals surface area (Å²) in [6.45, 7) is 2.17. The molecule has 0 bridgehead atoms. The molecule has 0 amide bonds. The molecule has 3 rings (SSSR count). The van der Waals surface area contributed by atoms with Gasteiger partial charge in [-0.15, -0.1) is 0 Å². The monoisotopic (exact) mass is 206 g/mol. The van der Waals surface area contributed by atoms with Crippen LogP contribution in [0.2, 0.25) is 6.32 Å². The minimum atomic E-state index is 1.07. The lowest BCUT2D eigenvalue weighted by Gasteiger charge is -2.00. The van der Waals surface area contributed by atoms with E-state index in [0.29, 0.717) is 0 Å². The van der Waals surface area contributed by atoms with Gasteiger partial charge >= 0.3 is 0 Å². The van der Waals surface area contributed by atoms with Crippen molar-refractivity contribution in [2.75, 3.05) is 0 Å². The van der Waals surface area contributed by atoms with Crippen LogP contribution in [-0.2, 0) is 0 Å². The number of fused-ring (bicyclic) bond motifs is 3. The summed E-state index contributed by atoms with van der Waals surface area (Å²) in [5, 5.41) is 2.66. The number of nitrogens with one attached hydrogen (secondary N) is 1. The first-order chi connectivity index (χ1) is 7.90. The zero-order valence-corrected chi connectivity index (χ0v) is 9.33. The lowest BCUT2D eigenvalue weighted by atomic mass is 9.66. The highest BCUT2D eigenvalue weighted by molar-refractivity contribution is 6.58. The van der Waals surface area contributed by atoms with Gasteiger partial charge in [0.05, 0.1) is 0 Å². The van der Waals surface area contributed by atoms with Gasteiger partial charge in [0, 0.05) is 21.8 Å². The second kappa shape index (κ2) is 3.71. The lowest BCUT2D eigenvalue weighted by molar-refractivity contribution is 1.46. The minimum absolute atomic E-state index is 1.07. The predicted molar refractivity (Wildman–Crippen MR) is 71.7 cm³/mol. The van der Waals surface area contributed by atoms with Crippen LogP contribution in [0.5, 0.6) is 0 Å². The van der Waals surface area contributed by atoms with Gasteiger partial charge in [0.2, 0.25) is 0 Å². The van der Waals surface area contributed by atoms with Gasteiger partial charge in [-0.05, 0) is 12.1 Å². The maximum Gasteiger partial charge on any atom is 0.152 e. The predicted octanol–water partition coefficient (Wildman–Crippen LogP) is 3.09. The number of aromatic amines is 1. The Morgan fingerprint density at radius 2 is 1.81 bits per heavy atom. The van der Waals surface area contributed by atoms with Gasteiger partial charge in [0.25, 0.3) is 0 Å². The van der Waals surface area contributed by atoms with Crippen LogP contribution >= 0.6 is 0 Å². The van der Waals surface area contributed by atoms with Gasteiger partial charge in [-0.3, -0.25) is 0 Å². The fourth-order valence-corrected chi connectivity index (χ4v) is 2.32. The summed E-state index contributed by atoms with van der Waals surface area (Å²) in [6.07, 6.45) is 1.07. The number of rotatable bonds is 2. The fourth-order valence-electron chi connectivity index (χ4n) is 2.32. The first-order valence-corrected chi connectivity index (χ1v) is 5.73. The van der Waals surface area contributed by atoms with E-state index in [0.717, 1.165) is 6.32 Å². The first kappa shape index (κ1) is 9.53. The molecule has 2 aromatic carbocycles. The second-order valence-electron chi connectivity index (χ2n) is 4.05. The summed E-state index contributed by atoms with van der Waals surface area (Å²) in [5.41, 5.74) is 3.77. The average molecular weight is 206 g/mol. The molecule has 1 radical (unpaired) electrons. The van der Waals surface area contributed by atoms with Crippen molar-refractivity contribution in [3.05, 3.63) is 42.5 Å². The highest BCUT2D eigenvalue weighted by Crippen LogP contribution is 2.23. The van der Waals surface area contributed by atoms with E-state index in [1.807, 2.05) is 0 Å². The fraction of sp³-hybridized carbons (Fsp3) is 0.143. The SMILES string of the molecule is CC[B]c1cccc2[nH]c3ccccc3c12. The summed E-state index contributed by atoms with van der Waals surface area (Å²) in [6, 6.07) is 14.9. The summed E-state index contributed by atoms with van der Waals surface area (Å²) < 4.78 is 0. The van der Waals surface area contributed by atoms with Gasteiger partial charge in [0.15, 0.2) is 7.28 Å². The summed E-state index contributed by atoms with van der Waals surface area (Å²) in [7, 11) is 2.28. The van der Waals surface area contributed by atoms with E-state index >= 15 is 0 Å². The molecule has 0 aliphatic carbocycles. The van der Waals surface area contributed by atoms with Crippen LogP contribution in [0, 0.1) is 0 Å². The van der Waals surface area contributed by atoms with Gasteiger partial charge in [0.1, 0.15) is 0 Å². The minimum Gasteiger partial charge on any atom is -0.355 e. The van der Waals surface area contributed by atoms with E-state index in [9.17, 15) is 0 Å². The topological polar surface area (TPSA) is 15.8 Å². The van der Waals surface area contributed by atoms with Crippen molar-refractivity contribution in [3.63, 3.8) is 0 Å². The molecule has 16 heavy (non-hydrogen) atoms. The normalized spacial score (nSPS) is 11.1. The molecule has 0 fully saturated rings. The molecule has 2 heteroatoms. The van der Waals surface area contributed by atoms with Crippen LogP contribution in [0.4, 0.5) is 0 Å². The lowest BCUT2D eigenvalue weighted by Crippen LogP contribution is -2.12. The standard InChI is InChI=1S/C14H13BN/c1-2-15-11-7-5-9-13-14(11)10-6-3-4-8-12(10)16-13/h3-9,16H,2H2,1H3. The molecule has 1 N–H and O–H groups in total. The Kier molecular flexibility index (Phi) is 2.21. The number of hydrogen-bond donors (Lipinski definition) is 1.